The molecule has 2 N–H and O–H groups in total. The van der Waals surface area contributed by atoms with Crippen LogP contribution in [0.3, 0.4) is 0 Å². The Morgan fingerprint density at radius 1 is 1.39 bits per heavy atom. The fourth-order valence-electron chi connectivity index (χ4n) is 1.33. The van der Waals surface area contributed by atoms with Crippen molar-refractivity contribution in [2.45, 2.75) is 18.7 Å². The molecule has 18 heavy (non-hydrogen) atoms. The van der Waals surface area contributed by atoms with E-state index in [1.807, 2.05) is 0 Å². The Morgan fingerprint density at radius 2 is 2.00 bits per heavy atom. The van der Waals surface area contributed by atoms with E-state index in [0.29, 0.717) is 0 Å². The van der Waals surface area contributed by atoms with Gasteiger partial charge in [-0.1, -0.05) is 6.92 Å². The summed E-state index contributed by atoms with van der Waals surface area (Å²) in [4.78, 5) is 11.6. The van der Waals surface area contributed by atoms with Crippen molar-refractivity contribution < 1.29 is 17.9 Å². The van der Waals surface area contributed by atoms with Gasteiger partial charge in [0.2, 0.25) is 0 Å². The van der Waals surface area contributed by atoms with E-state index in [1.165, 1.54) is 19.1 Å². The number of hydrogen-bond donors (Lipinski definition) is 1. The lowest BCUT2D eigenvalue weighted by Gasteiger charge is -2.10. The van der Waals surface area contributed by atoms with Crippen molar-refractivity contribution in [2.24, 2.45) is 0 Å². The number of carbonyl (C=O) groups excluding carboxylic acids is 1. The van der Waals surface area contributed by atoms with Crippen LogP contribution in [0, 0.1) is 0 Å². The zero-order valence-corrected chi connectivity index (χ0v) is 12.5. The largest absolute Gasteiger partial charge is 0.462 e. The van der Waals surface area contributed by atoms with Gasteiger partial charge >= 0.3 is 5.97 Å². The van der Waals surface area contributed by atoms with Gasteiger partial charge in [0.05, 0.1) is 27.3 Å². The molecule has 0 aliphatic rings. The van der Waals surface area contributed by atoms with Crippen molar-refractivity contribution in [3.8, 4) is 0 Å². The number of ether oxygens (including phenoxy) is 1. The number of anilines is 1. The zero-order chi connectivity index (χ0) is 13.9. The number of hydrogen-bond acceptors (Lipinski definition) is 5. The molecule has 5 nitrogen and oxygen atoms in total. The monoisotopic (exact) mass is 335 g/mol. The van der Waals surface area contributed by atoms with Crippen molar-refractivity contribution in [1.29, 1.82) is 0 Å². The van der Waals surface area contributed by atoms with Crippen LogP contribution in [-0.4, -0.2) is 26.7 Å². The fourth-order valence-corrected chi connectivity index (χ4v) is 3.31. The van der Waals surface area contributed by atoms with Gasteiger partial charge in [-0.05, 0) is 35.0 Å². The van der Waals surface area contributed by atoms with Crippen LogP contribution < -0.4 is 5.73 Å². The van der Waals surface area contributed by atoms with Crippen LogP contribution in [0.5, 0.6) is 0 Å². The number of nitrogen functional groups attached to an aromatic ring is 1. The second kappa shape index (κ2) is 5.71. The lowest BCUT2D eigenvalue weighted by Crippen LogP contribution is -2.11. The molecule has 0 aromatic heterocycles. The maximum Gasteiger partial charge on any atom is 0.338 e. The van der Waals surface area contributed by atoms with Crippen LogP contribution in [0.2, 0.25) is 0 Å². The van der Waals surface area contributed by atoms with Crippen molar-refractivity contribution in [3.05, 3.63) is 22.2 Å². The highest BCUT2D eigenvalue weighted by molar-refractivity contribution is 9.10. The Morgan fingerprint density at radius 3 is 2.50 bits per heavy atom. The minimum atomic E-state index is -3.46. The van der Waals surface area contributed by atoms with Gasteiger partial charge in [-0.25, -0.2) is 13.2 Å². The molecule has 0 spiro atoms. The minimum absolute atomic E-state index is 0.00746. The van der Waals surface area contributed by atoms with Crippen molar-refractivity contribution in [1.82, 2.24) is 0 Å². The highest BCUT2D eigenvalue weighted by Crippen LogP contribution is 2.30. The van der Waals surface area contributed by atoms with Crippen LogP contribution in [0.15, 0.2) is 21.5 Å². The molecule has 0 aliphatic heterocycles. The third kappa shape index (κ3) is 3.02. The van der Waals surface area contributed by atoms with E-state index >= 15 is 0 Å². The molecule has 1 aromatic carbocycles. The van der Waals surface area contributed by atoms with Crippen molar-refractivity contribution in [2.75, 3.05) is 18.1 Å². The average molecular weight is 336 g/mol. The Hall–Kier alpha value is -1.08. The summed E-state index contributed by atoms with van der Waals surface area (Å²) in [7, 11) is -3.46. The first-order valence-corrected chi connectivity index (χ1v) is 7.76. The molecule has 0 fully saturated rings. The molecule has 0 unspecified atom stereocenters. The Labute approximate surface area is 114 Å². The van der Waals surface area contributed by atoms with Crippen molar-refractivity contribution >= 4 is 37.4 Å². The number of carbonyl (C=O) groups is 1. The molecule has 1 aromatic rings. The SMILES string of the molecule is CCOC(=O)c1cc(N)c(Br)c(S(=O)(=O)CC)c1. The first-order chi connectivity index (χ1) is 8.33. The van der Waals surface area contributed by atoms with Crippen LogP contribution in [-0.2, 0) is 14.6 Å². The summed E-state index contributed by atoms with van der Waals surface area (Å²) in [5, 5.41) is 0. The third-order valence-corrected chi connectivity index (χ3v) is 5.19. The number of rotatable bonds is 4. The van der Waals surface area contributed by atoms with E-state index in [-0.39, 0.29) is 33.0 Å². The number of halogens is 1. The van der Waals surface area contributed by atoms with E-state index < -0.39 is 15.8 Å². The second-order valence-corrected chi connectivity index (χ2v) is 6.54. The van der Waals surface area contributed by atoms with Crippen LogP contribution in [0.1, 0.15) is 24.2 Å². The molecular weight excluding hydrogens is 322 g/mol. The molecule has 0 atom stereocenters. The molecule has 7 heteroatoms. The molecule has 0 aliphatic carbocycles. The van der Waals surface area contributed by atoms with Gasteiger partial charge in [0.1, 0.15) is 0 Å². The van der Waals surface area contributed by atoms with Gasteiger partial charge in [0.25, 0.3) is 0 Å². The van der Waals surface area contributed by atoms with Gasteiger partial charge in [0.15, 0.2) is 9.84 Å². The standard InChI is InChI=1S/C11H14BrNO4S/c1-3-17-11(14)7-5-8(13)10(12)9(6-7)18(15,16)4-2/h5-6H,3-4,13H2,1-2H3. The first-order valence-electron chi connectivity index (χ1n) is 5.32. The Balaban J connectivity index is 3.41. The fraction of sp³-hybridized carbons (Fsp3) is 0.364. The van der Waals surface area contributed by atoms with E-state index in [9.17, 15) is 13.2 Å². The quantitative estimate of drug-likeness (QED) is 0.671. The third-order valence-electron chi connectivity index (χ3n) is 2.29. The number of esters is 1. The van der Waals surface area contributed by atoms with E-state index in [0.717, 1.165) is 0 Å². The van der Waals surface area contributed by atoms with Crippen LogP contribution >= 0.6 is 15.9 Å². The number of benzene rings is 1. The molecule has 0 bridgehead atoms. The number of sulfone groups is 1. The predicted molar refractivity (Wildman–Crippen MR) is 72.2 cm³/mol. The molecule has 1 rings (SSSR count). The summed E-state index contributed by atoms with van der Waals surface area (Å²) in [6.45, 7) is 3.41. The van der Waals surface area contributed by atoms with Gasteiger partial charge in [-0.2, -0.15) is 0 Å². The van der Waals surface area contributed by atoms with Crippen LogP contribution in [0.4, 0.5) is 5.69 Å². The lowest BCUT2D eigenvalue weighted by atomic mass is 10.2. The summed E-state index contributed by atoms with van der Waals surface area (Å²) in [5.41, 5.74) is 6.00. The van der Waals surface area contributed by atoms with Gasteiger partial charge in [-0.3, -0.25) is 0 Å². The van der Waals surface area contributed by atoms with Crippen molar-refractivity contribution in [3.63, 3.8) is 0 Å². The molecule has 0 heterocycles. The topological polar surface area (TPSA) is 86.5 Å². The van der Waals surface area contributed by atoms with E-state index in [4.69, 9.17) is 10.5 Å². The van der Waals surface area contributed by atoms with Crippen LogP contribution in [0.25, 0.3) is 0 Å². The van der Waals surface area contributed by atoms with Gasteiger partial charge < -0.3 is 10.5 Å². The molecule has 0 saturated carbocycles. The molecular formula is C11H14BrNO4S. The minimum Gasteiger partial charge on any atom is -0.462 e. The Kier molecular flexibility index (Phi) is 4.75. The lowest BCUT2D eigenvalue weighted by molar-refractivity contribution is 0.0526. The molecule has 0 amide bonds. The second-order valence-electron chi connectivity index (χ2n) is 3.50. The Bertz CT molecular complexity index is 569. The maximum atomic E-state index is 11.9. The average Bonchev–Trinajstić information content (AvgIpc) is 2.32. The molecule has 0 saturated heterocycles. The number of nitrogens with two attached hydrogens (primary N) is 1. The summed E-state index contributed by atoms with van der Waals surface area (Å²) < 4.78 is 28.8. The summed E-state index contributed by atoms with van der Waals surface area (Å²) in [6, 6.07) is 2.66. The predicted octanol–water partition coefficient (Wildman–Crippen LogP) is 2.00. The smallest absolute Gasteiger partial charge is 0.338 e. The highest BCUT2D eigenvalue weighted by Gasteiger charge is 2.21. The first kappa shape index (κ1) is 15.0. The normalized spacial score (nSPS) is 11.3. The highest BCUT2D eigenvalue weighted by atomic mass is 79.9. The molecule has 0 radical (unpaired) electrons. The van der Waals surface area contributed by atoms with Gasteiger partial charge in [0, 0.05) is 5.69 Å². The zero-order valence-electron chi connectivity index (χ0n) is 10.1. The summed E-state index contributed by atoms with van der Waals surface area (Å²) >= 11 is 3.12. The summed E-state index contributed by atoms with van der Waals surface area (Å²) in [6.07, 6.45) is 0. The maximum absolute atomic E-state index is 11.9. The van der Waals surface area contributed by atoms with Gasteiger partial charge in [-0.15, -0.1) is 0 Å². The van der Waals surface area contributed by atoms with E-state index in [1.54, 1.807) is 6.92 Å². The summed E-state index contributed by atoms with van der Waals surface area (Å²) in [5.74, 6) is -0.665. The van der Waals surface area contributed by atoms with E-state index in [2.05, 4.69) is 15.9 Å². The molecule has 100 valence electrons.